The lowest BCUT2D eigenvalue weighted by Gasteiger charge is -2.24. The van der Waals surface area contributed by atoms with Gasteiger partial charge in [0.1, 0.15) is 5.84 Å². The lowest BCUT2D eigenvalue weighted by atomic mass is 10.3. The van der Waals surface area contributed by atoms with Gasteiger partial charge in [0.15, 0.2) is 0 Å². The van der Waals surface area contributed by atoms with Gasteiger partial charge in [-0.05, 0) is 20.4 Å². The van der Waals surface area contributed by atoms with Crippen LogP contribution in [-0.4, -0.2) is 35.1 Å². The molecule has 0 atom stereocenters. The maximum atomic E-state index is 8.30. The Balaban J connectivity index is 3.73. The van der Waals surface area contributed by atoms with Crippen LogP contribution in [0.15, 0.2) is 5.16 Å². The molecule has 3 N–H and O–H groups in total. The number of hydrogen-bond donors (Lipinski definition) is 2. The number of oxime groups is 1. The summed E-state index contributed by atoms with van der Waals surface area (Å²) in [4.78, 5) is 2.26. The Bertz CT molecular complexity index is 145. The highest BCUT2D eigenvalue weighted by Gasteiger charge is 2.06. The molecule has 0 aliphatic rings. The summed E-state index contributed by atoms with van der Waals surface area (Å²) in [7, 11) is 0. The van der Waals surface area contributed by atoms with E-state index in [1.54, 1.807) is 0 Å². The van der Waals surface area contributed by atoms with Gasteiger partial charge in [0.2, 0.25) is 0 Å². The first-order valence-corrected chi connectivity index (χ1v) is 4.32. The third kappa shape index (κ3) is 4.18. The van der Waals surface area contributed by atoms with E-state index in [9.17, 15) is 0 Å². The number of rotatable bonds is 5. The van der Waals surface area contributed by atoms with Gasteiger partial charge >= 0.3 is 0 Å². The van der Waals surface area contributed by atoms with Crippen molar-refractivity contribution in [1.29, 1.82) is 0 Å². The van der Waals surface area contributed by atoms with Crippen molar-refractivity contribution >= 4 is 5.84 Å². The highest BCUT2D eigenvalue weighted by atomic mass is 16.4. The molecule has 0 aromatic rings. The van der Waals surface area contributed by atoms with Crippen molar-refractivity contribution in [2.75, 3.05) is 13.1 Å². The van der Waals surface area contributed by atoms with E-state index in [-0.39, 0.29) is 0 Å². The van der Waals surface area contributed by atoms with Crippen molar-refractivity contribution in [1.82, 2.24) is 4.90 Å². The summed E-state index contributed by atoms with van der Waals surface area (Å²) in [6, 6.07) is 0.515. The summed E-state index contributed by atoms with van der Waals surface area (Å²) < 4.78 is 0. The minimum atomic E-state index is 0.300. The molecule has 0 fully saturated rings. The Kier molecular flexibility index (Phi) is 5.45. The normalized spacial score (nSPS) is 12.9. The van der Waals surface area contributed by atoms with Crippen molar-refractivity contribution in [2.24, 2.45) is 10.9 Å². The van der Waals surface area contributed by atoms with Crippen molar-refractivity contribution in [3.63, 3.8) is 0 Å². The van der Waals surface area contributed by atoms with Crippen LogP contribution in [-0.2, 0) is 0 Å². The summed E-state index contributed by atoms with van der Waals surface area (Å²) in [5, 5.41) is 11.2. The number of nitrogens with two attached hydrogens (primary N) is 1. The molecule has 0 aliphatic carbocycles. The van der Waals surface area contributed by atoms with E-state index in [0.717, 1.165) is 13.1 Å². The van der Waals surface area contributed by atoms with Gasteiger partial charge in [0.05, 0.1) is 0 Å². The Morgan fingerprint density at radius 1 is 1.58 bits per heavy atom. The van der Waals surface area contributed by atoms with Crippen LogP contribution in [0.3, 0.4) is 0 Å². The van der Waals surface area contributed by atoms with E-state index in [1.165, 1.54) is 0 Å². The second-order valence-electron chi connectivity index (χ2n) is 3.06. The molecule has 0 aromatic carbocycles. The number of nitrogens with zero attached hydrogens (tertiary/aromatic N) is 2. The van der Waals surface area contributed by atoms with E-state index in [4.69, 9.17) is 10.9 Å². The van der Waals surface area contributed by atoms with Crippen LogP contribution in [0.5, 0.6) is 0 Å². The summed E-state index contributed by atoms with van der Waals surface area (Å²) in [6.45, 7) is 8.22. The zero-order valence-corrected chi connectivity index (χ0v) is 8.12. The average Bonchev–Trinajstić information content (AvgIpc) is 2.04. The van der Waals surface area contributed by atoms with E-state index in [0.29, 0.717) is 18.3 Å². The molecule has 0 spiro atoms. The fraction of sp³-hybridized carbons (Fsp3) is 0.875. The van der Waals surface area contributed by atoms with E-state index in [1.807, 2.05) is 0 Å². The Labute approximate surface area is 74.0 Å². The second-order valence-corrected chi connectivity index (χ2v) is 3.06. The summed E-state index contributed by atoms with van der Waals surface area (Å²) in [5.74, 6) is 0.300. The van der Waals surface area contributed by atoms with Gasteiger partial charge in [-0.25, -0.2) is 0 Å². The monoisotopic (exact) mass is 173 g/mol. The average molecular weight is 173 g/mol. The largest absolute Gasteiger partial charge is 0.409 e. The van der Waals surface area contributed by atoms with Crippen LogP contribution in [0.25, 0.3) is 0 Å². The molecule has 0 aliphatic heterocycles. The molecule has 0 aromatic heterocycles. The topological polar surface area (TPSA) is 61.8 Å². The third-order valence-corrected chi connectivity index (χ3v) is 1.92. The van der Waals surface area contributed by atoms with Gasteiger partial charge in [-0.2, -0.15) is 0 Å². The summed E-state index contributed by atoms with van der Waals surface area (Å²) >= 11 is 0. The quantitative estimate of drug-likeness (QED) is 0.280. The molecule has 0 rings (SSSR count). The fourth-order valence-corrected chi connectivity index (χ4v) is 1.09. The smallest absolute Gasteiger partial charge is 0.140 e. The van der Waals surface area contributed by atoms with Gasteiger partial charge in [-0.1, -0.05) is 12.1 Å². The van der Waals surface area contributed by atoms with Gasteiger partial charge in [-0.3, -0.25) is 0 Å². The molecule has 4 heteroatoms. The van der Waals surface area contributed by atoms with Gasteiger partial charge in [0.25, 0.3) is 0 Å². The van der Waals surface area contributed by atoms with Crippen molar-refractivity contribution in [3.8, 4) is 0 Å². The predicted octanol–water partition coefficient (Wildman–Crippen LogP) is 0.853. The third-order valence-electron chi connectivity index (χ3n) is 1.92. The highest BCUT2D eigenvalue weighted by Crippen LogP contribution is 1.98. The highest BCUT2D eigenvalue weighted by molar-refractivity contribution is 5.79. The zero-order chi connectivity index (χ0) is 9.56. The van der Waals surface area contributed by atoms with E-state index < -0.39 is 0 Å². The van der Waals surface area contributed by atoms with Crippen LogP contribution in [0.4, 0.5) is 0 Å². The van der Waals surface area contributed by atoms with Gasteiger partial charge < -0.3 is 15.8 Å². The lowest BCUT2D eigenvalue weighted by Crippen LogP contribution is -2.33. The standard InChI is InChI=1S/C8H19N3O/c1-4-11(7(2)3)6-5-8(9)10-12/h7,12H,4-6H2,1-3H3,(H2,9,10). The second kappa shape index (κ2) is 5.83. The Morgan fingerprint density at radius 2 is 2.17 bits per heavy atom. The summed E-state index contributed by atoms with van der Waals surface area (Å²) in [5.41, 5.74) is 5.35. The maximum absolute atomic E-state index is 8.30. The van der Waals surface area contributed by atoms with Crippen molar-refractivity contribution < 1.29 is 5.21 Å². The molecule has 0 amide bonds. The predicted molar refractivity (Wildman–Crippen MR) is 50.4 cm³/mol. The zero-order valence-electron chi connectivity index (χ0n) is 8.12. The minimum absolute atomic E-state index is 0.300. The van der Waals surface area contributed by atoms with Crippen LogP contribution in [0, 0.1) is 0 Å². The molecule has 4 nitrogen and oxygen atoms in total. The lowest BCUT2D eigenvalue weighted by molar-refractivity contribution is 0.238. The maximum Gasteiger partial charge on any atom is 0.140 e. The molecule has 72 valence electrons. The number of hydrogen-bond acceptors (Lipinski definition) is 3. The molecule has 0 bridgehead atoms. The van der Waals surface area contributed by atoms with Crippen molar-refractivity contribution in [2.45, 2.75) is 33.2 Å². The van der Waals surface area contributed by atoms with Crippen LogP contribution in [0.1, 0.15) is 27.2 Å². The van der Waals surface area contributed by atoms with E-state index >= 15 is 0 Å². The van der Waals surface area contributed by atoms with Crippen molar-refractivity contribution in [3.05, 3.63) is 0 Å². The van der Waals surface area contributed by atoms with Crippen LogP contribution >= 0.6 is 0 Å². The minimum Gasteiger partial charge on any atom is -0.409 e. The Hall–Kier alpha value is -0.770. The molecule has 0 saturated heterocycles. The number of amidine groups is 1. The molecule has 0 heterocycles. The summed E-state index contributed by atoms with van der Waals surface area (Å²) in [6.07, 6.45) is 0.628. The first kappa shape index (κ1) is 11.2. The molecule has 12 heavy (non-hydrogen) atoms. The molecule has 0 saturated carbocycles. The van der Waals surface area contributed by atoms with Gasteiger partial charge in [0, 0.05) is 19.0 Å². The molecule has 0 radical (unpaired) electrons. The van der Waals surface area contributed by atoms with Crippen LogP contribution < -0.4 is 5.73 Å². The first-order valence-electron chi connectivity index (χ1n) is 4.32. The Morgan fingerprint density at radius 3 is 2.50 bits per heavy atom. The first-order chi connectivity index (χ1) is 5.61. The molecular weight excluding hydrogens is 154 g/mol. The SMILES string of the molecule is CCN(CC/C(N)=N/O)C(C)C. The van der Waals surface area contributed by atoms with Crippen LogP contribution in [0.2, 0.25) is 0 Å². The van der Waals surface area contributed by atoms with Gasteiger partial charge in [-0.15, -0.1) is 0 Å². The molecular formula is C8H19N3O. The fourth-order valence-electron chi connectivity index (χ4n) is 1.09. The van der Waals surface area contributed by atoms with E-state index in [2.05, 4.69) is 30.8 Å². The molecule has 0 unspecified atom stereocenters.